The number of halogens is 4. The minimum Gasteiger partial charge on any atom is -0.210 e. The predicted octanol–water partition coefficient (Wildman–Crippen LogP) is 4.32. The lowest BCUT2D eigenvalue weighted by Gasteiger charge is -2.14. The Bertz CT molecular complexity index is 1980. The van der Waals surface area contributed by atoms with Crippen LogP contribution in [0.4, 0.5) is 17.6 Å². The number of hydrogen-bond donors (Lipinski definition) is 0. The van der Waals surface area contributed by atoms with Crippen LogP contribution in [-0.2, 0) is 0 Å². The zero-order valence-electron chi connectivity index (χ0n) is 20.3. The van der Waals surface area contributed by atoms with Gasteiger partial charge < -0.3 is 0 Å². The van der Waals surface area contributed by atoms with Crippen LogP contribution in [0.3, 0.4) is 0 Å². The van der Waals surface area contributed by atoms with Gasteiger partial charge in [-0.3, -0.25) is 0 Å². The van der Waals surface area contributed by atoms with E-state index in [1.807, 2.05) is 0 Å². The summed E-state index contributed by atoms with van der Waals surface area (Å²) in [6.45, 7) is 0. The van der Waals surface area contributed by atoms with Crippen molar-refractivity contribution < 1.29 is 17.6 Å². The van der Waals surface area contributed by atoms with Gasteiger partial charge in [-0.25, -0.2) is 28.7 Å². The Morgan fingerprint density at radius 2 is 0.810 bits per heavy atom. The number of nitriles is 6. The van der Waals surface area contributed by atoms with E-state index < -0.39 is 79.5 Å². The number of nitrogens with zero attached hydrogens (tertiary/aromatic N) is 10. The van der Waals surface area contributed by atoms with Crippen molar-refractivity contribution in [2.45, 2.75) is 0 Å². The van der Waals surface area contributed by atoms with Crippen molar-refractivity contribution in [1.82, 2.24) is 19.9 Å². The molecule has 0 aliphatic heterocycles. The lowest BCUT2D eigenvalue weighted by atomic mass is 9.89. The highest BCUT2D eigenvalue weighted by Crippen LogP contribution is 2.56. The molecule has 0 amide bonds. The molecule has 2 aliphatic carbocycles. The Morgan fingerprint density at radius 1 is 0.500 bits per heavy atom. The molecule has 2 aliphatic rings. The zero-order chi connectivity index (χ0) is 30.3. The first-order chi connectivity index (χ1) is 20.3. The summed E-state index contributed by atoms with van der Waals surface area (Å²) >= 11 is 0. The number of allylic oxidation sites excluding steroid dienone is 8. The van der Waals surface area contributed by atoms with E-state index in [1.165, 1.54) is 0 Å². The van der Waals surface area contributed by atoms with Crippen LogP contribution in [0.2, 0.25) is 0 Å². The minimum atomic E-state index is -1.38. The molecule has 0 radical (unpaired) electrons. The third kappa shape index (κ3) is 3.59. The second kappa shape index (κ2) is 9.95. The van der Waals surface area contributed by atoms with Crippen molar-refractivity contribution in [1.29, 1.82) is 31.6 Å². The maximum atomic E-state index is 16.7. The lowest BCUT2D eigenvalue weighted by molar-refractivity contribution is 0.537. The number of hydrogen-bond acceptors (Lipinski definition) is 10. The molecular weight excluding hydrogens is 552 g/mol. The van der Waals surface area contributed by atoms with Gasteiger partial charge in [0.2, 0.25) is 0 Å². The Morgan fingerprint density at radius 3 is 1.07 bits per heavy atom. The summed E-state index contributed by atoms with van der Waals surface area (Å²) < 4.78 is 60.4. The highest BCUT2D eigenvalue weighted by atomic mass is 19.1. The molecule has 5 rings (SSSR count). The summed E-state index contributed by atoms with van der Waals surface area (Å²) in [5, 5.41) is 59.0. The van der Waals surface area contributed by atoms with E-state index in [0.29, 0.717) is 0 Å². The Kier molecular flexibility index (Phi) is 6.30. The number of aromatic nitrogens is 4. The first-order valence-corrected chi connectivity index (χ1v) is 11.2. The molecule has 10 nitrogen and oxygen atoms in total. The number of fused-ring (bicyclic) bond motifs is 2. The van der Waals surface area contributed by atoms with Gasteiger partial charge in [0.1, 0.15) is 59.2 Å². The molecule has 0 fully saturated rings. The molecule has 0 unspecified atom stereocenters. The molecule has 194 valence electrons. The first kappa shape index (κ1) is 26.6. The smallest absolute Gasteiger partial charge is 0.210 e. The summed E-state index contributed by atoms with van der Waals surface area (Å²) in [6, 6.07) is 9.66. The number of rotatable bonds is 2. The maximum absolute atomic E-state index is 16.7. The normalized spacial score (nSPS) is 12.8. The minimum absolute atomic E-state index is 0.174. The van der Waals surface area contributed by atoms with E-state index in [-0.39, 0.29) is 22.3 Å². The maximum Gasteiger partial charge on any atom is 0.308 e. The van der Waals surface area contributed by atoms with Crippen LogP contribution >= 0.6 is 0 Å². The van der Waals surface area contributed by atoms with Crippen LogP contribution < -0.4 is 0 Å². The lowest BCUT2D eigenvalue weighted by Crippen LogP contribution is -2.05. The van der Waals surface area contributed by atoms with E-state index in [4.69, 9.17) is 0 Å². The molecule has 1 aromatic carbocycles. The topological polar surface area (TPSA) is 194 Å². The summed E-state index contributed by atoms with van der Waals surface area (Å²) in [7, 11) is 0. The quantitative estimate of drug-likeness (QED) is 0.249. The van der Waals surface area contributed by atoms with Crippen molar-refractivity contribution in [3.63, 3.8) is 0 Å². The Balaban J connectivity index is 2.02. The Hall–Kier alpha value is -7.00. The molecular formula is C28H4F4N10. The Labute approximate surface area is 232 Å². The van der Waals surface area contributed by atoms with Crippen LogP contribution in [-0.4, -0.2) is 19.9 Å². The van der Waals surface area contributed by atoms with Crippen molar-refractivity contribution in [2.75, 3.05) is 0 Å². The average molecular weight is 556 g/mol. The summed E-state index contributed by atoms with van der Waals surface area (Å²) in [6.07, 6.45) is 1.15. The molecule has 0 N–H and O–H groups in total. The zero-order valence-corrected chi connectivity index (χ0v) is 20.3. The van der Waals surface area contributed by atoms with E-state index in [0.717, 1.165) is 24.8 Å². The summed E-state index contributed by atoms with van der Waals surface area (Å²) in [4.78, 5) is 13.5. The molecule has 0 atom stereocenters. The highest BCUT2D eigenvalue weighted by molar-refractivity contribution is 6.30. The van der Waals surface area contributed by atoms with Crippen LogP contribution in [0, 0.1) is 91.8 Å². The molecule has 0 bridgehead atoms. The largest absolute Gasteiger partial charge is 0.308 e. The molecule has 2 heterocycles. The monoisotopic (exact) mass is 556 g/mol. The predicted molar refractivity (Wildman–Crippen MR) is 131 cm³/mol. The molecule has 2 aromatic heterocycles. The molecule has 42 heavy (non-hydrogen) atoms. The van der Waals surface area contributed by atoms with Crippen LogP contribution in [0.15, 0.2) is 35.9 Å². The van der Waals surface area contributed by atoms with Gasteiger partial charge in [-0.2, -0.15) is 40.4 Å². The fraction of sp³-hybridized carbons (Fsp3) is 0. The van der Waals surface area contributed by atoms with Gasteiger partial charge in [0, 0.05) is 80.5 Å². The molecule has 0 saturated heterocycles. The molecule has 0 spiro atoms. The molecule has 14 heteroatoms. The average Bonchev–Trinajstić information content (AvgIpc) is 3.53. The third-order valence-corrected chi connectivity index (χ3v) is 6.37. The standard InChI is InChI=1S/C28H4F4N10/c29-25-22-16(6-38)18(14-9-41-28(32)42-10-14)20(12(3-35)4-36)24(22)26(30)21-15(5-37)17(13-7-39-27(31)40-8-13)19(23(21)25)11(1-33)2-34/h7-10H. The van der Waals surface area contributed by atoms with Crippen LogP contribution in [0.25, 0.3) is 33.4 Å². The van der Waals surface area contributed by atoms with Gasteiger partial charge in [-0.05, 0) is 0 Å². The van der Waals surface area contributed by atoms with Crippen molar-refractivity contribution in [2.24, 2.45) is 0 Å². The van der Waals surface area contributed by atoms with E-state index >= 15 is 8.78 Å². The second-order valence-electron chi connectivity index (χ2n) is 8.28. The fourth-order valence-corrected chi connectivity index (χ4v) is 4.84. The fourth-order valence-electron chi connectivity index (χ4n) is 4.84. The summed E-state index contributed by atoms with van der Waals surface area (Å²) in [5.74, 6) is -2.76. The van der Waals surface area contributed by atoms with Gasteiger partial charge in [0.25, 0.3) is 0 Å². The van der Waals surface area contributed by atoms with E-state index in [9.17, 15) is 40.4 Å². The third-order valence-electron chi connectivity index (χ3n) is 6.37. The van der Waals surface area contributed by atoms with Gasteiger partial charge in [-0.1, -0.05) is 0 Å². The van der Waals surface area contributed by atoms with Gasteiger partial charge in [0.05, 0.1) is 11.1 Å². The van der Waals surface area contributed by atoms with Gasteiger partial charge >= 0.3 is 12.2 Å². The SMILES string of the molecule is N#CC(C#N)=C1C(c2cnc(F)nc2)=C(C#N)c2c(F)c3c(c(F)c21)C(C#N)=C(c1cnc(F)nc1)C3=C(C#N)C#N. The molecule has 3 aromatic rings. The van der Waals surface area contributed by atoms with Crippen molar-refractivity contribution in [3.05, 3.63) is 93.1 Å². The van der Waals surface area contributed by atoms with Crippen LogP contribution in [0.1, 0.15) is 33.4 Å². The van der Waals surface area contributed by atoms with E-state index in [1.54, 1.807) is 36.4 Å². The second-order valence-corrected chi connectivity index (χ2v) is 8.28. The van der Waals surface area contributed by atoms with Gasteiger partial charge in [-0.15, -0.1) is 0 Å². The highest BCUT2D eigenvalue weighted by Gasteiger charge is 2.44. The first-order valence-electron chi connectivity index (χ1n) is 11.2. The van der Waals surface area contributed by atoms with Crippen molar-refractivity contribution >= 4 is 33.4 Å². The van der Waals surface area contributed by atoms with E-state index in [2.05, 4.69) is 19.9 Å². The van der Waals surface area contributed by atoms with Gasteiger partial charge in [0.15, 0.2) is 0 Å². The summed E-state index contributed by atoms with van der Waals surface area (Å²) in [5.41, 5.74) is -7.95. The molecule has 0 saturated carbocycles. The number of benzene rings is 1. The van der Waals surface area contributed by atoms with Crippen molar-refractivity contribution in [3.8, 4) is 36.4 Å². The van der Waals surface area contributed by atoms with Crippen LogP contribution in [0.5, 0.6) is 0 Å².